The summed E-state index contributed by atoms with van der Waals surface area (Å²) in [5.41, 5.74) is 0.978. The molecule has 0 aliphatic rings. The first-order valence-electron chi connectivity index (χ1n) is 3.79. The van der Waals surface area contributed by atoms with E-state index in [1.54, 1.807) is 12.1 Å². The lowest BCUT2D eigenvalue weighted by atomic mass is 10.1. The molecule has 0 saturated carbocycles. The van der Waals surface area contributed by atoms with Crippen LogP contribution < -0.4 is 0 Å². The molecular formula is C10H9F3. The van der Waals surface area contributed by atoms with Crippen LogP contribution in [0, 0.1) is 0 Å². The van der Waals surface area contributed by atoms with Crippen LogP contribution in [0.3, 0.4) is 0 Å². The third-order valence-corrected chi connectivity index (χ3v) is 1.59. The van der Waals surface area contributed by atoms with Gasteiger partial charge >= 0.3 is 6.18 Å². The Kier molecular flexibility index (Phi) is 2.76. The summed E-state index contributed by atoms with van der Waals surface area (Å²) >= 11 is 0. The fourth-order valence-electron chi connectivity index (χ4n) is 1.06. The zero-order valence-corrected chi connectivity index (χ0v) is 6.93. The molecule has 0 fully saturated rings. The minimum Gasteiger partial charge on any atom is -0.171 e. The van der Waals surface area contributed by atoms with Gasteiger partial charge in [0, 0.05) is 0 Å². The molecule has 0 aliphatic heterocycles. The van der Waals surface area contributed by atoms with Crippen LogP contribution in [0.4, 0.5) is 13.2 Å². The Balaban J connectivity index is 2.84. The van der Waals surface area contributed by atoms with E-state index < -0.39 is 12.6 Å². The summed E-state index contributed by atoms with van der Waals surface area (Å²) in [4.78, 5) is 0. The van der Waals surface area contributed by atoms with Crippen molar-refractivity contribution in [3.8, 4) is 0 Å². The summed E-state index contributed by atoms with van der Waals surface area (Å²) in [6.45, 7) is 3.49. The predicted octanol–water partition coefficient (Wildman–Crippen LogP) is 3.43. The van der Waals surface area contributed by atoms with E-state index in [1.807, 2.05) is 0 Å². The van der Waals surface area contributed by atoms with Crippen molar-refractivity contribution in [2.24, 2.45) is 0 Å². The van der Waals surface area contributed by atoms with E-state index in [1.165, 1.54) is 18.2 Å². The van der Waals surface area contributed by atoms with Crippen LogP contribution in [0.2, 0.25) is 0 Å². The van der Waals surface area contributed by atoms with Crippen LogP contribution in [-0.4, -0.2) is 6.18 Å². The average molecular weight is 186 g/mol. The van der Waals surface area contributed by atoms with Crippen molar-refractivity contribution in [1.29, 1.82) is 0 Å². The molecule has 0 N–H and O–H groups in total. The van der Waals surface area contributed by atoms with Gasteiger partial charge in [0.1, 0.15) is 0 Å². The third kappa shape index (κ3) is 3.32. The molecule has 0 bridgehead atoms. The Labute approximate surface area is 74.7 Å². The molecule has 0 saturated heterocycles. The molecule has 1 rings (SSSR count). The quantitative estimate of drug-likeness (QED) is 0.663. The van der Waals surface area contributed by atoms with E-state index in [0.717, 1.165) is 0 Å². The van der Waals surface area contributed by atoms with Gasteiger partial charge in [0.25, 0.3) is 0 Å². The molecule has 0 radical (unpaired) electrons. The standard InChI is InChI=1S/C10H9F3/c1-2-8-4-3-5-9(6-8)7-10(11,12)13/h2-6H,1,7H2. The first kappa shape index (κ1) is 9.84. The Hall–Kier alpha value is -1.25. The van der Waals surface area contributed by atoms with E-state index in [0.29, 0.717) is 5.56 Å². The molecule has 1 aromatic rings. The number of alkyl halides is 3. The molecule has 0 spiro atoms. The van der Waals surface area contributed by atoms with Gasteiger partial charge in [-0.25, -0.2) is 0 Å². The first-order chi connectivity index (χ1) is 6.01. The number of hydrogen-bond donors (Lipinski definition) is 0. The molecule has 13 heavy (non-hydrogen) atoms. The number of hydrogen-bond acceptors (Lipinski definition) is 0. The topological polar surface area (TPSA) is 0 Å². The Bertz CT molecular complexity index is 299. The fourth-order valence-corrected chi connectivity index (χ4v) is 1.06. The van der Waals surface area contributed by atoms with Crippen LogP contribution in [-0.2, 0) is 6.42 Å². The first-order valence-corrected chi connectivity index (χ1v) is 3.79. The molecule has 70 valence electrons. The van der Waals surface area contributed by atoms with Crippen molar-refractivity contribution in [2.75, 3.05) is 0 Å². The Morgan fingerprint density at radius 2 is 2.00 bits per heavy atom. The smallest absolute Gasteiger partial charge is 0.171 e. The summed E-state index contributed by atoms with van der Waals surface area (Å²) in [6, 6.07) is 6.26. The van der Waals surface area contributed by atoms with Crippen LogP contribution in [0.5, 0.6) is 0 Å². The van der Waals surface area contributed by atoms with Gasteiger partial charge in [-0.05, 0) is 11.1 Å². The highest BCUT2D eigenvalue weighted by Gasteiger charge is 2.27. The number of rotatable bonds is 2. The number of halogens is 3. The maximum atomic E-state index is 12.0. The molecule has 0 heterocycles. The highest BCUT2D eigenvalue weighted by molar-refractivity contribution is 5.47. The van der Waals surface area contributed by atoms with E-state index in [4.69, 9.17) is 0 Å². The lowest BCUT2D eigenvalue weighted by molar-refractivity contribution is -0.127. The third-order valence-electron chi connectivity index (χ3n) is 1.59. The molecule has 0 unspecified atom stereocenters. The van der Waals surface area contributed by atoms with Gasteiger partial charge in [-0.15, -0.1) is 0 Å². The highest BCUT2D eigenvalue weighted by atomic mass is 19.4. The van der Waals surface area contributed by atoms with Gasteiger partial charge in [-0.3, -0.25) is 0 Å². The van der Waals surface area contributed by atoms with Gasteiger partial charge in [0.15, 0.2) is 0 Å². The van der Waals surface area contributed by atoms with E-state index in [2.05, 4.69) is 6.58 Å². The van der Waals surface area contributed by atoms with Crippen LogP contribution in [0.1, 0.15) is 11.1 Å². The lowest BCUT2D eigenvalue weighted by Gasteiger charge is -2.06. The second-order valence-electron chi connectivity index (χ2n) is 2.74. The van der Waals surface area contributed by atoms with Gasteiger partial charge in [-0.2, -0.15) is 13.2 Å². The molecule has 0 amide bonds. The maximum absolute atomic E-state index is 12.0. The monoisotopic (exact) mass is 186 g/mol. The van der Waals surface area contributed by atoms with E-state index in [-0.39, 0.29) is 5.56 Å². The molecule has 0 aromatic heterocycles. The number of benzene rings is 1. The van der Waals surface area contributed by atoms with Gasteiger partial charge in [0.2, 0.25) is 0 Å². The molecular weight excluding hydrogens is 177 g/mol. The van der Waals surface area contributed by atoms with Crippen LogP contribution >= 0.6 is 0 Å². The minimum atomic E-state index is -4.14. The zero-order valence-electron chi connectivity index (χ0n) is 6.93. The van der Waals surface area contributed by atoms with Gasteiger partial charge in [-0.1, -0.05) is 36.9 Å². The Morgan fingerprint density at radius 3 is 2.54 bits per heavy atom. The summed E-state index contributed by atoms with van der Waals surface area (Å²) in [7, 11) is 0. The fraction of sp³-hybridized carbons (Fsp3) is 0.200. The SMILES string of the molecule is C=Cc1cccc(CC(F)(F)F)c1. The molecule has 0 aliphatic carbocycles. The van der Waals surface area contributed by atoms with E-state index in [9.17, 15) is 13.2 Å². The minimum absolute atomic E-state index is 0.268. The highest BCUT2D eigenvalue weighted by Crippen LogP contribution is 2.21. The second kappa shape index (κ2) is 3.64. The summed E-state index contributed by atoms with van der Waals surface area (Å²) in [5, 5.41) is 0. The summed E-state index contributed by atoms with van der Waals surface area (Å²) < 4.78 is 35.9. The normalized spacial score (nSPS) is 11.3. The van der Waals surface area contributed by atoms with Gasteiger partial charge in [0.05, 0.1) is 6.42 Å². The average Bonchev–Trinajstić information content (AvgIpc) is 2.01. The summed E-state index contributed by atoms with van der Waals surface area (Å²) in [6.07, 6.45) is -3.49. The van der Waals surface area contributed by atoms with Crippen molar-refractivity contribution in [2.45, 2.75) is 12.6 Å². The lowest BCUT2D eigenvalue weighted by Crippen LogP contribution is -2.11. The predicted molar refractivity (Wildman–Crippen MR) is 46.3 cm³/mol. The van der Waals surface area contributed by atoms with E-state index >= 15 is 0 Å². The largest absolute Gasteiger partial charge is 0.393 e. The Morgan fingerprint density at radius 1 is 1.31 bits per heavy atom. The molecule has 1 aromatic carbocycles. The van der Waals surface area contributed by atoms with Gasteiger partial charge < -0.3 is 0 Å². The van der Waals surface area contributed by atoms with Crippen LogP contribution in [0.25, 0.3) is 6.08 Å². The molecule has 0 nitrogen and oxygen atoms in total. The molecule has 3 heteroatoms. The van der Waals surface area contributed by atoms with Crippen molar-refractivity contribution >= 4 is 6.08 Å². The second-order valence-corrected chi connectivity index (χ2v) is 2.74. The van der Waals surface area contributed by atoms with Crippen molar-refractivity contribution in [3.63, 3.8) is 0 Å². The van der Waals surface area contributed by atoms with Crippen molar-refractivity contribution in [1.82, 2.24) is 0 Å². The van der Waals surface area contributed by atoms with Crippen molar-refractivity contribution in [3.05, 3.63) is 42.0 Å². The zero-order chi connectivity index (χ0) is 9.90. The maximum Gasteiger partial charge on any atom is 0.393 e. The summed E-state index contributed by atoms with van der Waals surface area (Å²) in [5.74, 6) is 0. The van der Waals surface area contributed by atoms with Crippen LogP contribution in [0.15, 0.2) is 30.8 Å². The molecule has 0 atom stereocenters. The van der Waals surface area contributed by atoms with Crippen molar-refractivity contribution < 1.29 is 13.2 Å².